The lowest BCUT2D eigenvalue weighted by molar-refractivity contribution is 1.23. The second-order valence-electron chi connectivity index (χ2n) is 2.79. The third-order valence-corrected chi connectivity index (χ3v) is 2.71. The molecule has 0 bridgehead atoms. The molecule has 14 heavy (non-hydrogen) atoms. The highest BCUT2D eigenvalue weighted by molar-refractivity contribution is 14.1. The number of rotatable bonds is 1. The molecule has 0 N–H and O–H groups in total. The molecule has 0 aliphatic heterocycles. The molecule has 0 fully saturated rings. The maximum absolute atomic E-state index is 11.6. The van der Waals surface area contributed by atoms with E-state index in [2.05, 4.69) is 5.18 Å². The van der Waals surface area contributed by atoms with Crippen LogP contribution in [0.2, 0.25) is 0 Å². The van der Waals surface area contributed by atoms with Gasteiger partial charge in [-0.3, -0.25) is 7.58 Å². The number of nitroso groups, excluding NO2 is 1. The fraction of sp³-hybridized carbons (Fsp3) is 0. The lowest BCUT2D eigenvalue weighted by Gasteiger charge is -1.98. The van der Waals surface area contributed by atoms with Crippen molar-refractivity contribution in [2.24, 2.45) is 5.18 Å². The predicted octanol–water partition coefficient (Wildman–Crippen LogP) is 2.60. The fourth-order valence-electron chi connectivity index (χ4n) is 1.26. The van der Waals surface area contributed by atoms with Crippen LogP contribution in [-0.2, 0) is 0 Å². The highest BCUT2D eigenvalue weighted by Gasteiger charge is 2.02. The van der Waals surface area contributed by atoms with Gasteiger partial charge in [0.2, 0.25) is 0 Å². The first-order valence-corrected chi connectivity index (χ1v) is 4.84. The van der Waals surface area contributed by atoms with E-state index in [0.29, 0.717) is 5.39 Å². The molecule has 2 rings (SSSR count). The van der Waals surface area contributed by atoms with E-state index in [1.54, 1.807) is 18.3 Å². The largest absolute Gasteiger partial charge is 0.268 e. The van der Waals surface area contributed by atoms with Crippen LogP contribution in [-0.4, -0.2) is 2.78 Å². The Morgan fingerprint density at radius 2 is 2.07 bits per heavy atom. The summed E-state index contributed by atoms with van der Waals surface area (Å²) in [5.41, 5.74) is 0.144. The molecular formula is C9H5IN2O2. The Bertz CT molecular complexity index is 562. The minimum atomic E-state index is -0.131. The topological polar surface area (TPSA) is 51.4 Å². The van der Waals surface area contributed by atoms with Crippen LogP contribution >= 0.6 is 22.9 Å². The fourth-order valence-corrected chi connectivity index (χ4v) is 1.68. The maximum Gasteiger partial charge on any atom is 0.267 e. The molecular weight excluding hydrogens is 295 g/mol. The van der Waals surface area contributed by atoms with Crippen LogP contribution in [0.1, 0.15) is 0 Å². The number of nitrogens with zero attached hydrogens (tertiary/aromatic N) is 2. The zero-order chi connectivity index (χ0) is 10.1. The molecule has 5 heteroatoms. The molecule has 1 aromatic heterocycles. The summed E-state index contributed by atoms with van der Waals surface area (Å²) in [5.74, 6) is 0. The minimum Gasteiger partial charge on any atom is -0.268 e. The van der Waals surface area contributed by atoms with Gasteiger partial charge in [0.1, 0.15) is 5.69 Å². The van der Waals surface area contributed by atoms with Crippen molar-refractivity contribution in [1.82, 2.24) is 2.78 Å². The third kappa shape index (κ3) is 1.43. The number of aromatic nitrogens is 1. The Labute approximate surface area is 93.0 Å². The molecule has 0 atom stereocenters. The Kier molecular flexibility index (Phi) is 2.32. The molecule has 1 aromatic carbocycles. The number of fused-ring (bicyclic) bond motifs is 1. The quantitative estimate of drug-likeness (QED) is 0.600. The lowest BCUT2D eigenvalue weighted by atomic mass is 10.1. The molecule has 0 amide bonds. The Morgan fingerprint density at radius 1 is 1.29 bits per heavy atom. The van der Waals surface area contributed by atoms with Gasteiger partial charge in [0.05, 0.1) is 28.3 Å². The van der Waals surface area contributed by atoms with Crippen molar-refractivity contribution in [2.75, 3.05) is 0 Å². The van der Waals surface area contributed by atoms with Crippen LogP contribution in [0.5, 0.6) is 0 Å². The van der Waals surface area contributed by atoms with Crippen molar-refractivity contribution < 1.29 is 0 Å². The Balaban J connectivity index is 2.91. The highest BCUT2D eigenvalue weighted by atomic mass is 127. The monoisotopic (exact) mass is 300 g/mol. The lowest BCUT2D eigenvalue weighted by Crippen LogP contribution is -2.10. The first kappa shape index (κ1) is 9.32. The molecule has 0 saturated carbocycles. The van der Waals surface area contributed by atoms with Gasteiger partial charge >= 0.3 is 0 Å². The number of benzene rings is 1. The van der Waals surface area contributed by atoms with E-state index in [1.807, 2.05) is 28.9 Å². The van der Waals surface area contributed by atoms with E-state index >= 15 is 0 Å². The molecule has 0 unspecified atom stereocenters. The molecule has 1 heterocycles. The normalized spacial score (nSPS) is 10.4. The van der Waals surface area contributed by atoms with Crippen LogP contribution in [0.25, 0.3) is 10.8 Å². The predicted molar refractivity (Wildman–Crippen MR) is 63.1 cm³/mol. The molecule has 0 aliphatic carbocycles. The summed E-state index contributed by atoms with van der Waals surface area (Å²) in [6, 6.07) is 6.62. The van der Waals surface area contributed by atoms with E-state index in [1.165, 1.54) is 8.85 Å². The van der Waals surface area contributed by atoms with E-state index in [0.717, 1.165) is 5.39 Å². The zero-order valence-corrected chi connectivity index (χ0v) is 9.13. The van der Waals surface area contributed by atoms with Crippen LogP contribution in [0, 0.1) is 4.91 Å². The second kappa shape index (κ2) is 3.49. The first-order chi connectivity index (χ1) is 6.72. The Hall–Kier alpha value is -1.24. The molecule has 70 valence electrons. The zero-order valence-electron chi connectivity index (χ0n) is 6.98. The number of hydrogen-bond acceptors (Lipinski definition) is 3. The van der Waals surface area contributed by atoms with E-state index in [4.69, 9.17) is 0 Å². The summed E-state index contributed by atoms with van der Waals surface area (Å²) < 4.78 is 1.44. The van der Waals surface area contributed by atoms with E-state index in [-0.39, 0.29) is 11.2 Å². The van der Waals surface area contributed by atoms with Gasteiger partial charge < -0.3 is 0 Å². The van der Waals surface area contributed by atoms with Crippen LogP contribution in [0.15, 0.2) is 40.4 Å². The number of hydrogen-bond donors (Lipinski definition) is 0. The van der Waals surface area contributed by atoms with Gasteiger partial charge in [0.25, 0.3) is 5.56 Å². The molecule has 4 nitrogen and oxygen atoms in total. The SMILES string of the molecule is O=Nc1ccc2ccn(I)c(=O)c2c1. The summed E-state index contributed by atoms with van der Waals surface area (Å²) in [5, 5.41) is 4.12. The van der Waals surface area contributed by atoms with Crippen molar-refractivity contribution >= 4 is 39.3 Å². The van der Waals surface area contributed by atoms with Gasteiger partial charge in [-0.05, 0) is 28.8 Å². The van der Waals surface area contributed by atoms with Gasteiger partial charge in [-0.1, -0.05) is 6.07 Å². The van der Waals surface area contributed by atoms with Crippen molar-refractivity contribution in [3.8, 4) is 0 Å². The van der Waals surface area contributed by atoms with Crippen LogP contribution in [0.4, 0.5) is 5.69 Å². The molecule has 2 aromatic rings. The van der Waals surface area contributed by atoms with Gasteiger partial charge in [0.15, 0.2) is 0 Å². The smallest absolute Gasteiger partial charge is 0.267 e. The Morgan fingerprint density at radius 3 is 2.79 bits per heavy atom. The van der Waals surface area contributed by atoms with E-state index < -0.39 is 0 Å². The maximum atomic E-state index is 11.6. The second-order valence-corrected chi connectivity index (χ2v) is 3.83. The van der Waals surface area contributed by atoms with Crippen molar-refractivity contribution in [3.05, 3.63) is 45.7 Å². The van der Waals surface area contributed by atoms with Gasteiger partial charge in [-0.2, -0.15) is 0 Å². The van der Waals surface area contributed by atoms with Gasteiger partial charge in [-0.15, -0.1) is 4.91 Å². The summed E-state index contributed by atoms with van der Waals surface area (Å²) in [6.07, 6.45) is 1.68. The number of pyridine rings is 1. The first-order valence-electron chi connectivity index (χ1n) is 3.87. The minimum absolute atomic E-state index is 0.131. The van der Waals surface area contributed by atoms with E-state index in [9.17, 15) is 9.70 Å². The standard InChI is InChI=1S/C9H5IN2O2/c10-12-4-3-6-1-2-7(11-14)5-8(6)9(12)13/h1-5H. The van der Waals surface area contributed by atoms with Crippen LogP contribution < -0.4 is 5.56 Å². The van der Waals surface area contributed by atoms with Crippen LogP contribution in [0.3, 0.4) is 0 Å². The highest BCUT2D eigenvalue weighted by Crippen LogP contribution is 2.18. The molecule has 0 aliphatic rings. The summed E-state index contributed by atoms with van der Waals surface area (Å²) >= 11 is 1.89. The average molecular weight is 300 g/mol. The summed E-state index contributed by atoms with van der Waals surface area (Å²) in [7, 11) is 0. The summed E-state index contributed by atoms with van der Waals surface area (Å²) in [6.45, 7) is 0. The third-order valence-electron chi connectivity index (χ3n) is 1.95. The molecule has 0 radical (unpaired) electrons. The summed E-state index contributed by atoms with van der Waals surface area (Å²) in [4.78, 5) is 21.9. The van der Waals surface area contributed by atoms with Gasteiger partial charge in [0, 0.05) is 6.20 Å². The average Bonchev–Trinajstić information content (AvgIpc) is 2.23. The molecule has 0 saturated heterocycles. The van der Waals surface area contributed by atoms with Crippen molar-refractivity contribution in [3.63, 3.8) is 0 Å². The van der Waals surface area contributed by atoms with Gasteiger partial charge in [-0.25, -0.2) is 0 Å². The van der Waals surface area contributed by atoms with Crippen molar-refractivity contribution in [1.29, 1.82) is 0 Å². The van der Waals surface area contributed by atoms with Crippen molar-refractivity contribution in [2.45, 2.75) is 0 Å². The number of halogens is 1. The molecule has 0 spiro atoms.